The number of rotatable bonds is 2. The zero-order chi connectivity index (χ0) is 9.14. The Bertz CT molecular complexity index is 228. The van der Waals surface area contributed by atoms with Crippen molar-refractivity contribution in [1.82, 2.24) is 0 Å². The van der Waals surface area contributed by atoms with Crippen LogP contribution in [0, 0.1) is 0 Å². The molecule has 1 atom stereocenters. The maximum atomic E-state index is 5.78. The summed E-state index contributed by atoms with van der Waals surface area (Å²) >= 11 is 0. The van der Waals surface area contributed by atoms with Gasteiger partial charge in [0.1, 0.15) is 0 Å². The second kappa shape index (κ2) is 3.72. The van der Waals surface area contributed by atoms with Gasteiger partial charge in [0, 0.05) is 6.04 Å². The Morgan fingerprint density at radius 2 is 1.67 bits per heavy atom. The predicted octanol–water partition coefficient (Wildman–Crippen LogP) is 2.83. The van der Waals surface area contributed by atoms with Gasteiger partial charge in [-0.1, -0.05) is 38.1 Å². The molecule has 0 radical (unpaired) electrons. The zero-order valence-electron chi connectivity index (χ0n) is 8.04. The van der Waals surface area contributed by atoms with Crippen LogP contribution in [0.25, 0.3) is 0 Å². The predicted molar refractivity (Wildman–Crippen MR) is 53.1 cm³/mol. The van der Waals surface area contributed by atoms with Crippen LogP contribution >= 0.6 is 0 Å². The van der Waals surface area contributed by atoms with Crippen LogP contribution in [0.1, 0.15) is 43.9 Å². The third-order valence-electron chi connectivity index (χ3n) is 2.10. The molecule has 0 aliphatic carbocycles. The first-order valence-electron chi connectivity index (χ1n) is 4.46. The van der Waals surface area contributed by atoms with Gasteiger partial charge in [0.15, 0.2) is 0 Å². The Morgan fingerprint density at radius 1 is 1.08 bits per heavy atom. The summed E-state index contributed by atoms with van der Waals surface area (Å²) in [7, 11) is 0. The van der Waals surface area contributed by atoms with Crippen molar-refractivity contribution in [3.63, 3.8) is 0 Å². The van der Waals surface area contributed by atoms with Crippen molar-refractivity contribution in [2.24, 2.45) is 5.73 Å². The van der Waals surface area contributed by atoms with E-state index >= 15 is 0 Å². The molecule has 0 heterocycles. The molecule has 1 rings (SSSR count). The van der Waals surface area contributed by atoms with E-state index in [1.54, 1.807) is 0 Å². The summed E-state index contributed by atoms with van der Waals surface area (Å²) in [4.78, 5) is 0. The Hall–Kier alpha value is -0.820. The van der Waals surface area contributed by atoms with Crippen LogP contribution in [0.3, 0.4) is 0 Å². The van der Waals surface area contributed by atoms with E-state index in [4.69, 9.17) is 5.73 Å². The molecule has 12 heavy (non-hydrogen) atoms. The number of hydrogen-bond donors (Lipinski definition) is 1. The molecule has 1 aromatic rings. The van der Waals surface area contributed by atoms with Gasteiger partial charge in [-0.25, -0.2) is 0 Å². The van der Waals surface area contributed by atoms with E-state index in [2.05, 4.69) is 38.1 Å². The number of nitrogens with two attached hydrogens (primary N) is 1. The Labute approximate surface area is 74.6 Å². The summed E-state index contributed by atoms with van der Waals surface area (Å²) in [5.74, 6) is 0.587. The molecule has 2 N–H and O–H groups in total. The lowest BCUT2D eigenvalue weighted by molar-refractivity contribution is 0.803. The normalized spacial score (nSPS) is 13.4. The first kappa shape index (κ1) is 9.27. The maximum absolute atomic E-state index is 5.78. The third-order valence-corrected chi connectivity index (χ3v) is 2.10. The van der Waals surface area contributed by atoms with Crippen LogP contribution in [0.4, 0.5) is 0 Å². The summed E-state index contributed by atoms with van der Waals surface area (Å²) in [6.45, 7) is 6.40. The summed E-state index contributed by atoms with van der Waals surface area (Å²) in [6.07, 6.45) is 0. The highest BCUT2D eigenvalue weighted by Crippen LogP contribution is 2.18. The van der Waals surface area contributed by atoms with Crippen molar-refractivity contribution < 1.29 is 0 Å². The van der Waals surface area contributed by atoms with Crippen LogP contribution < -0.4 is 5.73 Å². The molecule has 0 saturated carbocycles. The number of hydrogen-bond acceptors (Lipinski definition) is 1. The van der Waals surface area contributed by atoms with Gasteiger partial charge in [-0.05, 0) is 24.0 Å². The van der Waals surface area contributed by atoms with Crippen LogP contribution in [0.15, 0.2) is 24.3 Å². The van der Waals surface area contributed by atoms with Crippen LogP contribution in [0.2, 0.25) is 0 Å². The highest BCUT2D eigenvalue weighted by atomic mass is 14.6. The summed E-state index contributed by atoms with van der Waals surface area (Å²) < 4.78 is 0. The molecule has 66 valence electrons. The molecule has 0 aliphatic heterocycles. The van der Waals surface area contributed by atoms with E-state index in [1.807, 2.05) is 6.92 Å². The van der Waals surface area contributed by atoms with Crippen molar-refractivity contribution in [1.29, 1.82) is 0 Å². The number of benzene rings is 1. The van der Waals surface area contributed by atoms with Crippen molar-refractivity contribution in [3.8, 4) is 0 Å². The molecule has 0 unspecified atom stereocenters. The van der Waals surface area contributed by atoms with Gasteiger partial charge in [-0.2, -0.15) is 0 Å². The average Bonchev–Trinajstić information content (AvgIpc) is 2.04. The molecule has 0 amide bonds. The van der Waals surface area contributed by atoms with Crippen molar-refractivity contribution in [2.75, 3.05) is 0 Å². The fraction of sp³-hybridized carbons (Fsp3) is 0.455. The molecule has 0 aromatic heterocycles. The van der Waals surface area contributed by atoms with Gasteiger partial charge >= 0.3 is 0 Å². The maximum Gasteiger partial charge on any atom is 0.0266 e. The van der Waals surface area contributed by atoms with E-state index in [9.17, 15) is 0 Å². The highest BCUT2D eigenvalue weighted by Gasteiger charge is 2.02. The van der Waals surface area contributed by atoms with Crippen molar-refractivity contribution in [3.05, 3.63) is 35.4 Å². The lowest BCUT2D eigenvalue weighted by atomic mass is 9.99. The SMILES string of the molecule is CC(C)c1cccc([C@@H](C)N)c1. The van der Waals surface area contributed by atoms with Crippen LogP contribution in [-0.2, 0) is 0 Å². The van der Waals surface area contributed by atoms with Crippen LogP contribution in [-0.4, -0.2) is 0 Å². The average molecular weight is 163 g/mol. The quantitative estimate of drug-likeness (QED) is 0.712. The van der Waals surface area contributed by atoms with Gasteiger partial charge in [0.25, 0.3) is 0 Å². The first-order chi connectivity index (χ1) is 5.61. The van der Waals surface area contributed by atoms with E-state index in [0.29, 0.717) is 5.92 Å². The van der Waals surface area contributed by atoms with Gasteiger partial charge in [-0.15, -0.1) is 0 Å². The zero-order valence-corrected chi connectivity index (χ0v) is 8.04. The highest BCUT2D eigenvalue weighted by molar-refractivity contribution is 5.27. The van der Waals surface area contributed by atoms with Crippen molar-refractivity contribution >= 4 is 0 Å². The lowest BCUT2D eigenvalue weighted by Gasteiger charge is -2.10. The van der Waals surface area contributed by atoms with E-state index in [-0.39, 0.29) is 6.04 Å². The summed E-state index contributed by atoms with van der Waals surface area (Å²) in [5, 5.41) is 0. The summed E-state index contributed by atoms with van der Waals surface area (Å²) in [6, 6.07) is 8.64. The lowest BCUT2D eigenvalue weighted by Crippen LogP contribution is -2.05. The minimum atomic E-state index is 0.142. The Balaban J connectivity index is 2.96. The van der Waals surface area contributed by atoms with E-state index in [0.717, 1.165) is 0 Å². The largest absolute Gasteiger partial charge is 0.324 e. The van der Waals surface area contributed by atoms with Crippen molar-refractivity contribution in [2.45, 2.75) is 32.7 Å². The second-order valence-corrected chi connectivity index (χ2v) is 3.61. The second-order valence-electron chi connectivity index (χ2n) is 3.61. The van der Waals surface area contributed by atoms with E-state index < -0.39 is 0 Å². The molecule has 0 spiro atoms. The first-order valence-corrected chi connectivity index (χ1v) is 4.46. The molecule has 1 heteroatoms. The smallest absolute Gasteiger partial charge is 0.0266 e. The minimum absolute atomic E-state index is 0.142. The molecule has 0 fully saturated rings. The van der Waals surface area contributed by atoms with Gasteiger partial charge in [0.2, 0.25) is 0 Å². The molecule has 0 aliphatic rings. The van der Waals surface area contributed by atoms with Crippen LogP contribution in [0.5, 0.6) is 0 Å². The molecule has 0 bridgehead atoms. The van der Waals surface area contributed by atoms with Gasteiger partial charge in [-0.3, -0.25) is 0 Å². The molecular formula is C11H17N. The fourth-order valence-electron chi connectivity index (χ4n) is 1.20. The van der Waals surface area contributed by atoms with Gasteiger partial charge < -0.3 is 5.73 Å². The third kappa shape index (κ3) is 2.08. The Morgan fingerprint density at radius 3 is 2.17 bits per heavy atom. The van der Waals surface area contributed by atoms with E-state index in [1.165, 1.54) is 11.1 Å². The molecule has 1 aromatic carbocycles. The van der Waals surface area contributed by atoms with Gasteiger partial charge in [0.05, 0.1) is 0 Å². The molecule has 0 saturated heterocycles. The molecular weight excluding hydrogens is 146 g/mol. The summed E-state index contributed by atoms with van der Waals surface area (Å²) in [5.41, 5.74) is 8.37. The fourth-order valence-corrected chi connectivity index (χ4v) is 1.20. The standard InChI is InChI=1S/C11H17N/c1-8(2)10-5-4-6-11(7-10)9(3)12/h4-9H,12H2,1-3H3/t9-/m1/s1. The topological polar surface area (TPSA) is 26.0 Å². The Kier molecular flexibility index (Phi) is 2.88. The molecule has 1 nitrogen and oxygen atoms in total. The monoisotopic (exact) mass is 163 g/mol. The minimum Gasteiger partial charge on any atom is -0.324 e.